The van der Waals surface area contributed by atoms with Crippen LogP contribution >= 0.6 is 0 Å². The van der Waals surface area contributed by atoms with Gasteiger partial charge in [-0.15, -0.1) is 0 Å². The molecular weight excluding hydrogens is 166 g/mol. The Labute approximate surface area is 75.6 Å². The summed E-state index contributed by atoms with van der Waals surface area (Å²) in [6.45, 7) is 3.79. The molecule has 5 nitrogen and oxygen atoms in total. The van der Waals surface area contributed by atoms with Crippen LogP contribution < -0.4 is 5.73 Å². The molecule has 2 aromatic heterocycles. The molecule has 0 aromatic carbocycles. The van der Waals surface area contributed by atoms with E-state index in [0.29, 0.717) is 0 Å². The summed E-state index contributed by atoms with van der Waals surface area (Å²) < 4.78 is 1.82. The van der Waals surface area contributed by atoms with Crippen molar-refractivity contribution < 1.29 is 0 Å². The average Bonchev–Trinajstić information content (AvgIpc) is 2.48. The molecule has 1 atom stereocenters. The van der Waals surface area contributed by atoms with E-state index in [1.54, 1.807) is 6.33 Å². The third-order valence-corrected chi connectivity index (χ3v) is 1.98. The van der Waals surface area contributed by atoms with Gasteiger partial charge >= 0.3 is 0 Å². The number of fused-ring (bicyclic) bond motifs is 1. The van der Waals surface area contributed by atoms with Crippen LogP contribution in [0.3, 0.4) is 0 Å². The van der Waals surface area contributed by atoms with Gasteiger partial charge in [0, 0.05) is 0 Å². The fourth-order valence-corrected chi connectivity index (χ4v) is 1.27. The van der Waals surface area contributed by atoms with E-state index in [2.05, 4.69) is 15.0 Å². The Hall–Kier alpha value is -1.49. The van der Waals surface area contributed by atoms with Crippen LogP contribution in [0.15, 0.2) is 12.7 Å². The van der Waals surface area contributed by atoms with Crippen molar-refractivity contribution in [3.05, 3.63) is 18.3 Å². The molecule has 2 N–H and O–H groups in total. The molecule has 2 heterocycles. The number of imidazole rings is 1. The number of nitrogens with zero attached hydrogens (tertiary/aromatic N) is 4. The van der Waals surface area contributed by atoms with Gasteiger partial charge in [-0.25, -0.2) is 15.0 Å². The van der Waals surface area contributed by atoms with Crippen molar-refractivity contribution in [1.82, 2.24) is 19.5 Å². The summed E-state index contributed by atoms with van der Waals surface area (Å²) >= 11 is 0. The summed E-state index contributed by atoms with van der Waals surface area (Å²) in [5, 5.41) is 0. The van der Waals surface area contributed by atoms with E-state index in [-0.39, 0.29) is 6.17 Å². The molecule has 1 unspecified atom stereocenters. The first kappa shape index (κ1) is 8.12. The molecular formula is C8H11N5. The van der Waals surface area contributed by atoms with Gasteiger partial charge in [-0.3, -0.25) is 4.57 Å². The topological polar surface area (TPSA) is 69.6 Å². The van der Waals surface area contributed by atoms with E-state index in [9.17, 15) is 0 Å². The van der Waals surface area contributed by atoms with E-state index >= 15 is 0 Å². The van der Waals surface area contributed by atoms with E-state index in [4.69, 9.17) is 5.73 Å². The molecule has 0 aliphatic rings. The van der Waals surface area contributed by atoms with E-state index in [0.717, 1.165) is 16.9 Å². The quantitative estimate of drug-likeness (QED) is 0.693. The monoisotopic (exact) mass is 177 g/mol. The summed E-state index contributed by atoms with van der Waals surface area (Å²) in [5.41, 5.74) is 8.23. The number of rotatable bonds is 1. The van der Waals surface area contributed by atoms with Crippen molar-refractivity contribution >= 4 is 11.2 Å². The van der Waals surface area contributed by atoms with E-state index < -0.39 is 0 Å². The molecule has 0 fully saturated rings. The van der Waals surface area contributed by atoms with E-state index in [1.807, 2.05) is 18.4 Å². The lowest BCUT2D eigenvalue weighted by Gasteiger charge is -2.06. The van der Waals surface area contributed by atoms with Crippen molar-refractivity contribution in [3.8, 4) is 0 Å². The molecule has 2 aromatic rings. The van der Waals surface area contributed by atoms with Crippen LogP contribution in [0.5, 0.6) is 0 Å². The minimum absolute atomic E-state index is 0.112. The Bertz CT molecular complexity index is 431. The average molecular weight is 177 g/mol. The van der Waals surface area contributed by atoms with Crippen LogP contribution in [-0.2, 0) is 0 Å². The second-order valence-electron chi connectivity index (χ2n) is 3.02. The van der Waals surface area contributed by atoms with Crippen molar-refractivity contribution in [1.29, 1.82) is 0 Å². The first-order valence-corrected chi connectivity index (χ1v) is 4.10. The van der Waals surface area contributed by atoms with Gasteiger partial charge in [0.25, 0.3) is 0 Å². The highest BCUT2D eigenvalue weighted by Crippen LogP contribution is 2.13. The Morgan fingerprint density at radius 3 is 2.85 bits per heavy atom. The van der Waals surface area contributed by atoms with Crippen LogP contribution in [0, 0.1) is 6.92 Å². The van der Waals surface area contributed by atoms with Gasteiger partial charge in [0.05, 0.1) is 18.2 Å². The van der Waals surface area contributed by atoms with Crippen LogP contribution in [0.2, 0.25) is 0 Å². The fraction of sp³-hybridized carbons (Fsp3) is 0.375. The third kappa shape index (κ3) is 1.17. The lowest BCUT2D eigenvalue weighted by Crippen LogP contribution is -2.13. The highest BCUT2D eigenvalue weighted by atomic mass is 15.2. The second kappa shape index (κ2) is 2.77. The third-order valence-electron chi connectivity index (χ3n) is 1.98. The maximum atomic E-state index is 5.74. The highest BCUT2D eigenvalue weighted by Gasteiger charge is 2.08. The van der Waals surface area contributed by atoms with Crippen molar-refractivity contribution in [2.75, 3.05) is 0 Å². The molecule has 0 saturated carbocycles. The standard InChI is InChI=1S/C8H11N5/c1-5-7-8(11-3-10-5)13(4-12-7)6(2)9/h3-4,6H,9H2,1-2H3. The Kier molecular flexibility index (Phi) is 1.73. The zero-order valence-corrected chi connectivity index (χ0v) is 7.60. The molecule has 0 aliphatic carbocycles. The van der Waals surface area contributed by atoms with Crippen LogP contribution in [0.1, 0.15) is 18.8 Å². The van der Waals surface area contributed by atoms with Gasteiger partial charge in [0.15, 0.2) is 5.65 Å². The summed E-state index contributed by atoms with van der Waals surface area (Å²) in [5.74, 6) is 0. The van der Waals surface area contributed by atoms with Crippen molar-refractivity contribution in [2.45, 2.75) is 20.0 Å². The lowest BCUT2D eigenvalue weighted by atomic mass is 10.4. The summed E-state index contributed by atoms with van der Waals surface area (Å²) in [7, 11) is 0. The second-order valence-corrected chi connectivity index (χ2v) is 3.02. The van der Waals surface area contributed by atoms with Gasteiger partial charge in [-0.2, -0.15) is 0 Å². The maximum Gasteiger partial charge on any atom is 0.164 e. The normalized spacial score (nSPS) is 13.5. The predicted molar refractivity (Wildman–Crippen MR) is 49.0 cm³/mol. The summed E-state index contributed by atoms with van der Waals surface area (Å²) in [6.07, 6.45) is 3.11. The highest BCUT2D eigenvalue weighted by molar-refractivity contribution is 5.72. The summed E-state index contributed by atoms with van der Waals surface area (Å²) in [6, 6.07) is 0. The SMILES string of the molecule is Cc1ncnc2c1ncn2C(C)N. The van der Waals surface area contributed by atoms with Gasteiger partial charge in [-0.1, -0.05) is 0 Å². The van der Waals surface area contributed by atoms with Crippen LogP contribution in [0.25, 0.3) is 11.2 Å². The first-order valence-electron chi connectivity index (χ1n) is 4.10. The van der Waals surface area contributed by atoms with Crippen LogP contribution in [0.4, 0.5) is 0 Å². The van der Waals surface area contributed by atoms with Gasteiger partial charge < -0.3 is 5.73 Å². The predicted octanol–water partition coefficient (Wildman–Crippen LogP) is 0.612. The lowest BCUT2D eigenvalue weighted by molar-refractivity contribution is 0.583. The zero-order chi connectivity index (χ0) is 9.42. The smallest absolute Gasteiger partial charge is 0.164 e. The molecule has 0 radical (unpaired) electrons. The Morgan fingerprint density at radius 1 is 1.38 bits per heavy atom. The molecule has 2 rings (SSSR count). The van der Waals surface area contributed by atoms with Gasteiger partial charge in [-0.05, 0) is 13.8 Å². The molecule has 0 aliphatic heterocycles. The number of hydrogen-bond donors (Lipinski definition) is 1. The molecule has 68 valence electrons. The first-order chi connectivity index (χ1) is 6.20. The molecule has 0 amide bonds. The Balaban J connectivity index is 2.75. The molecule has 0 saturated heterocycles. The number of aryl methyl sites for hydroxylation is 1. The zero-order valence-electron chi connectivity index (χ0n) is 7.60. The molecule has 13 heavy (non-hydrogen) atoms. The van der Waals surface area contributed by atoms with Crippen molar-refractivity contribution in [3.63, 3.8) is 0 Å². The maximum absolute atomic E-state index is 5.74. The molecule has 5 heteroatoms. The number of aromatic nitrogens is 4. The molecule has 0 bridgehead atoms. The van der Waals surface area contributed by atoms with E-state index in [1.165, 1.54) is 6.33 Å². The number of nitrogens with two attached hydrogens (primary N) is 1. The number of hydrogen-bond acceptors (Lipinski definition) is 4. The summed E-state index contributed by atoms with van der Waals surface area (Å²) in [4.78, 5) is 12.4. The fourth-order valence-electron chi connectivity index (χ4n) is 1.27. The minimum atomic E-state index is -0.112. The van der Waals surface area contributed by atoms with Crippen molar-refractivity contribution in [2.24, 2.45) is 5.73 Å². The largest absolute Gasteiger partial charge is 0.311 e. The minimum Gasteiger partial charge on any atom is -0.311 e. The van der Waals surface area contributed by atoms with Gasteiger partial charge in [0.1, 0.15) is 11.8 Å². The van der Waals surface area contributed by atoms with Crippen LogP contribution in [-0.4, -0.2) is 19.5 Å². The molecule has 0 spiro atoms. The van der Waals surface area contributed by atoms with Gasteiger partial charge in [0.2, 0.25) is 0 Å². The Morgan fingerprint density at radius 2 is 2.15 bits per heavy atom.